The Morgan fingerprint density at radius 2 is 1.82 bits per heavy atom. The number of fused-ring (bicyclic) bond motifs is 2. The molecule has 4 heterocycles. The first-order valence-electron chi connectivity index (χ1n) is 17.9. The van der Waals surface area contributed by atoms with Crippen LogP contribution in [0.1, 0.15) is 56.4 Å². The minimum Gasteiger partial charge on any atom is -0.489 e. The molecular formula is C40H47N3O8. The zero-order chi connectivity index (χ0) is 35.5. The summed E-state index contributed by atoms with van der Waals surface area (Å²) in [5.41, 5.74) is 2.67. The molecule has 0 N–H and O–H groups in total. The summed E-state index contributed by atoms with van der Waals surface area (Å²) in [6.07, 6.45) is -0.0428. The van der Waals surface area contributed by atoms with Crippen LogP contribution in [-0.4, -0.2) is 79.3 Å². The van der Waals surface area contributed by atoms with E-state index in [2.05, 4.69) is 30.9 Å². The van der Waals surface area contributed by atoms with Gasteiger partial charge in [-0.1, -0.05) is 50.2 Å². The summed E-state index contributed by atoms with van der Waals surface area (Å²) in [5.74, 6) is 2.66. The second kappa shape index (κ2) is 15.1. The number of carbonyl (C=O) groups excluding carboxylic acids is 1. The van der Waals surface area contributed by atoms with Crippen molar-refractivity contribution in [1.29, 1.82) is 5.26 Å². The maximum atomic E-state index is 14.2. The quantitative estimate of drug-likeness (QED) is 0.215. The van der Waals surface area contributed by atoms with Crippen molar-refractivity contribution in [2.24, 2.45) is 11.8 Å². The number of amides is 1. The van der Waals surface area contributed by atoms with Crippen LogP contribution >= 0.6 is 0 Å². The van der Waals surface area contributed by atoms with Crippen LogP contribution in [-0.2, 0) is 38.5 Å². The van der Waals surface area contributed by atoms with Gasteiger partial charge in [0.1, 0.15) is 24.2 Å². The fraction of sp³-hybridized carbons (Fsp3) is 0.500. The van der Waals surface area contributed by atoms with Gasteiger partial charge in [-0.3, -0.25) is 9.80 Å². The molecule has 11 nitrogen and oxygen atoms in total. The SMILES string of the molecule is CC(C)CN(Cc1ccc2c(c1)OCO2)CC1OC(C)(C)N(C(=O)OC2COC3OCCC23)C1Cc1ccc(OCc2ccccc2C#N)cc1. The molecule has 3 saturated heterocycles. The molecule has 7 rings (SSSR count). The zero-order valence-corrected chi connectivity index (χ0v) is 29.8. The molecule has 3 aromatic rings. The molecular weight excluding hydrogens is 650 g/mol. The first kappa shape index (κ1) is 35.1. The zero-order valence-electron chi connectivity index (χ0n) is 29.8. The van der Waals surface area contributed by atoms with Crippen molar-refractivity contribution in [3.63, 3.8) is 0 Å². The molecule has 0 spiro atoms. The van der Waals surface area contributed by atoms with Gasteiger partial charge in [0.15, 0.2) is 17.8 Å². The van der Waals surface area contributed by atoms with E-state index in [4.69, 9.17) is 33.2 Å². The van der Waals surface area contributed by atoms with Gasteiger partial charge in [0.25, 0.3) is 0 Å². The van der Waals surface area contributed by atoms with E-state index in [1.54, 1.807) is 11.0 Å². The van der Waals surface area contributed by atoms with Crippen molar-refractivity contribution in [3.8, 4) is 23.3 Å². The number of hydrogen-bond donors (Lipinski definition) is 0. The molecule has 5 unspecified atom stereocenters. The Kier molecular flexibility index (Phi) is 10.4. The van der Waals surface area contributed by atoms with Crippen LogP contribution in [0.5, 0.6) is 17.2 Å². The Morgan fingerprint density at radius 3 is 2.63 bits per heavy atom. The summed E-state index contributed by atoms with van der Waals surface area (Å²) < 4.78 is 41.7. The fourth-order valence-corrected chi connectivity index (χ4v) is 7.69. The summed E-state index contributed by atoms with van der Waals surface area (Å²) in [6.45, 7) is 11.9. The third kappa shape index (κ3) is 7.95. The van der Waals surface area contributed by atoms with Gasteiger partial charge in [0, 0.05) is 25.2 Å². The van der Waals surface area contributed by atoms with E-state index in [0.717, 1.165) is 41.2 Å². The molecule has 0 saturated carbocycles. The lowest BCUT2D eigenvalue weighted by molar-refractivity contribution is -0.0912. The molecule has 3 fully saturated rings. The highest BCUT2D eigenvalue weighted by Gasteiger charge is 2.52. The van der Waals surface area contributed by atoms with Gasteiger partial charge < -0.3 is 33.2 Å². The van der Waals surface area contributed by atoms with E-state index in [0.29, 0.717) is 56.6 Å². The molecule has 11 heteroatoms. The van der Waals surface area contributed by atoms with Crippen LogP contribution in [0, 0.1) is 23.2 Å². The Balaban J connectivity index is 1.11. The number of nitrogens with zero attached hydrogens (tertiary/aromatic N) is 3. The number of nitriles is 1. The van der Waals surface area contributed by atoms with Crippen LogP contribution in [0.4, 0.5) is 4.79 Å². The third-order valence-electron chi connectivity index (χ3n) is 10.0. The second-order valence-corrected chi connectivity index (χ2v) is 14.7. The maximum absolute atomic E-state index is 14.2. The Labute approximate surface area is 299 Å². The molecule has 4 aliphatic rings. The second-order valence-electron chi connectivity index (χ2n) is 14.7. The molecule has 1 amide bonds. The van der Waals surface area contributed by atoms with Crippen molar-refractivity contribution in [3.05, 3.63) is 89.0 Å². The molecule has 4 aliphatic heterocycles. The maximum Gasteiger partial charge on any atom is 0.412 e. The molecule has 0 aliphatic carbocycles. The number of rotatable bonds is 12. The van der Waals surface area contributed by atoms with Crippen LogP contribution in [0.2, 0.25) is 0 Å². The average molecular weight is 698 g/mol. The van der Waals surface area contributed by atoms with Crippen molar-refractivity contribution in [2.45, 2.75) is 84.0 Å². The number of ether oxygens (including phenoxy) is 7. The lowest BCUT2D eigenvalue weighted by Crippen LogP contribution is -2.51. The first-order chi connectivity index (χ1) is 24.7. The lowest BCUT2D eigenvalue weighted by atomic mass is 9.99. The van der Waals surface area contributed by atoms with Crippen molar-refractivity contribution < 1.29 is 38.0 Å². The van der Waals surface area contributed by atoms with Gasteiger partial charge >= 0.3 is 6.09 Å². The Hall–Kier alpha value is -4.34. The van der Waals surface area contributed by atoms with E-state index >= 15 is 0 Å². The minimum absolute atomic E-state index is 0.0331. The monoisotopic (exact) mass is 697 g/mol. The predicted molar refractivity (Wildman–Crippen MR) is 187 cm³/mol. The molecule has 270 valence electrons. The smallest absolute Gasteiger partial charge is 0.412 e. The summed E-state index contributed by atoms with van der Waals surface area (Å²) in [7, 11) is 0. The summed E-state index contributed by atoms with van der Waals surface area (Å²) in [6, 6.07) is 23.4. The lowest BCUT2D eigenvalue weighted by Gasteiger charge is -2.34. The molecule has 0 aromatic heterocycles. The molecule has 5 atom stereocenters. The van der Waals surface area contributed by atoms with Crippen LogP contribution in [0.15, 0.2) is 66.7 Å². The highest BCUT2D eigenvalue weighted by molar-refractivity contribution is 5.70. The van der Waals surface area contributed by atoms with Gasteiger partial charge in [0.05, 0.1) is 42.9 Å². The molecule has 0 bridgehead atoms. The summed E-state index contributed by atoms with van der Waals surface area (Å²) >= 11 is 0. The standard InChI is InChI=1S/C40H47N3O8/c1-26(2)20-42(21-28-11-14-34-35(18-28)49-25-48-34)22-36-33(17-27-9-12-31(13-10-27)46-23-30-8-6-5-7-29(30)19-41)43(40(3,4)51-36)39(44)50-37-24-47-38-32(37)15-16-45-38/h5-14,18,26,32-33,36-38H,15-17,20-25H2,1-4H3. The molecule has 3 aromatic carbocycles. The number of benzene rings is 3. The normalized spacial score (nSPS) is 24.6. The highest BCUT2D eigenvalue weighted by atomic mass is 16.7. The van der Waals surface area contributed by atoms with Crippen LogP contribution in [0.25, 0.3) is 0 Å². The Morgan fingerprint density at radius 1 is 1.04 bits per heavy atom. The van der Waals surface area contributed by atoms with Crippen LogP contribution < -0.4 is 14.2 Å². The third-order valence-corrected chi connectivity index (χ3v) is 10.0. The largest absolute Gasteiger partial charge is 0.489 e. The Bertz CT molecular complexity index is 1720. The van der Waals surface area contributed by atoms with Crippen molar-refractivity contribution in [2.75, 3.05) is 33.1 Å². The summed E-state index contributed by atoms with van der Waals surface area (Å²) in [4.78, 5) is 18.4. The molecule has 51 heavy (non-hydrogen) atoms. The molecule has 0 radical (unpaired) electrons. The summed E-state index contributed by atoms with van der Waals surface area (Å²) in [5, 5.41) is 9.45. The fourth-order valence-electron chi connectivity index (χ4n) is 7.69. The minimum atomic E-state index is -0.920. The first-order valence-corrected chi connectivity index (χ1v) is 17.9. The van der Waals surface area contributed by atoms with Gasteiger partial charge in [0.2, 0.25) is 6.79 Å². The predicted octanol–water partition coefficient (Wildman–Crippen LogP) is 6.27. The van der Waals surface area contributed by atoms with Crippen LogP contribution in [0.3, 0.4) is 0 Å². The number of carbonyl (C=O) groups is 1. The van der Waals surface area contributed by atoms with Gasteiger partial charge in [-0.05, 0) is 74.1 Å². The van der Waals surface area contributed by atoms with Gasteiger partial charge in [-0.25, -0.2) is 4.79 Å². The topological polar surface area (TPSA) is 112 Å². The van der Waals surface area contributed by atoms with E-state index in [1.165, 1.54) is 0 Å². The van der Waals surface area contributed by atoms with E-state index < -0.39 is 11.8 Å². The van der Waals surface area contributed by atoms with E-state index in [-0.39, 0.29) is 37.3 Å². The van der Waals surface area contributed by atoms with E-state index in [9.17, 15) is 10.1 Å². The van der Waals surface area contributed by atoms with Crippen molar-refractivity contribution in [1.82, 2.24) is 9.80 Å². The highest BCUT2D eigenvalue weighted by Crippen LogP contribution is 2.39. The van der Waals surface area contributed by atoms with E-state index in [1.807, 2.05) is 68.4 Å². The van der Waals surface area contributed by atoms with Gasteiger partial charge in [-0.15, -0.1) is 0 Å². The van der Waals surface area contributed by atoms with Gasteiger partial charge in [-0.2, -0.15) is 5.26 Å². The average Bonchev–Trinajstić information content (AvgIpc) is 3.89. The number of hydrogen-bond acceptors (Lipinski definition) is 10. The van der Waals surface area contributed by atoms with Crippen molar-refractivity contribution >= 4 is 6.09 Å².